The fourth-order valence-corrected chi connectivity index (χ4v) is 4.44. The monoisotopic (exact) mass is 615 g/mol. The van der Waals surface area contributed by atoms with Gasteiger partial charge in [-0.05, 0) is 42.0 Å². The molecule has 0 saturated carbocycles. The molecule has 3 amide bonds. The number of likely N-dealkylation sites (tertiary alicyclic amines) is 1. The lowest BCUT2D eigenvalue weighted by molar-refractivity contribution is -0.137. The number of ether oxygens (including phenoxy) is 1. The SMILES string of the molecule is O=C(C=Cc1ccc(Cl)cc1)N[C@@H](Cc1ccccn1)C(=O)NCC(=O)N1CCC(Oc2ccc(C(F)(F)F)cn2)CC1. The van der Waals surface area contributed by atoms with Crippen molar-refractivity contribution in [3.63, 3.8) is 0 Å². The van der Waals surface area contributed by atoms with Crippen molar-refractivity contribution in [1.29, 1.82) is 0 Å². The second kappa shape index (κ2) is 14.6. The zero-order valence-electron chi connectivity index (χ0n) is 22.9. The van der Waals surface area contributed by atoms with E-state index in [9.17, 15) is 27.6 Å². The molecule has 1 saturated heterocycles. The number of nitrogens with zero attached hydrogens (tertiary/aromatic N) is 3. The number of alkyl halides is 3. The van der Waals surface area contributed by atoms with Gasteiger partial charge in [0, 0.05) is 67.6 Å². The van der Waals surface area contributed by atoms with E-state index in [1.54, 1.807) is 59.6 Å². The Labute approximate surface area is 251 Å². The number of benzene rings is 1. The van der Waals surface area contributed by atoms with Crippen molar-refractivity contribution in [1.82, 2.24) is 25.5 Å². The van der Waals surface area contributed by atoms with Gasteiger partial charge in [0.1, 0.15) is 12.1 Å². The molecule has 0 aliphatic carbocycles. The zero-order valence-corrected chi connectivity index (χ0v) is 23.6. The summed E-state index contributed by atoms with van der Waals surface area (Å²) < 4.78 is 43.9. The van der Waals surface area contributed by atoms with Gasteiger partial charge < -0.3 is 20.3 Å². The Morgan fingerprint density at radius 2 is 1.79 bits per heavy atom. The van der Waals surface area contributed by atoms with E-state index < -0.39 is 29.6 Å². The van der Waals surface area contributed by atoms with Crippen LogP contribution in [0.15, 0.2) is 73.1 Å². The standard InChI is InChI=1S/C30H29ClF3N5O4/c31-22-8-4-20(5-9-22)6-10-26(40)38-25(17-23-3-1-2-14-35-23)29(42)37-19-28(41)39-15-12-24(13-16-39)43-27-11-7-21(18-36-27)30(32,33)34/h1-11,14,18,24-25H,12-13,15-17,19H2,(H,37,42)(H,38,40)/t25-/m0/s1. The highest BCUT2D eigenvalue weighted by Crippen LogP contribution is 2.29. The number of aromatic nitrogens is 2. The molecule has 1 fully saturated rings. The van der Waals surface area contributed by atoms with E-state index in [1.165, 1.54) is 12.1 Å². The fourth-order valence-electron chi connectivity index (χ4n) is 4.31. The van der Waals surface area contributed by atoms with Crippen molar-refractivity contribution in [2.24, 2.45) is 0 Å². The summed E-state index contributed by atoms with van der Waals surface area (Å²) >= 11 is 5.89. The van der Waals surface area contributed by atoms with Gasteiger partial charge in [-0.1, -0.05) is 29.8 Å². The Hall–Kier alpha value is -4.45. The van der Waals surface area contributed by atoms with E-state index in [0.717, 1.165) is 17.8 Å². The minimum absolute atomic E-state index is 0.0778. The number of rotatable bonds is 10. The van der Waals surface area contributed by atoms with Gasteiger partial charge in [0.2, 0.25) is 23.6 Å². The molecule has 1 aliphatic rings. The smallest absolute Gasteiger partial charge is 0.417 e. The number of carbonyl (C=O) groups excluding carboxylic acids is 3. The second-order valence-electron chi connectivity index (χ2n) is 9.77. The van der Waals surface area contributed by atoms with Crippen LogP contribution >= 0.6 is 11.6 Å². The third-order valence-electron chi connectivity index (χ3n) is 6.63. The highest BCUT2D eigenvalue weighted by molar-refractivity contribution is 6.30. The number of hydrogen-bond acceptors (Lipinski definition) is 6. The third kappa shape index (κ3) is 9.81. The van der Waals surface area contributed by atoms with Crippen LogP contribution in [0, 0.1) is 0 Å². The number of nitrogens with one attached hydrogen (secondary N) is 2. The number of piperidine rings is 1. The highest BCUT2D eigenvalue weighted by atomic mass is 35.5. The van der Waals surface area contributed by atoms with Gasteiger partial charge in [-0.25, -0.2) is 4.98 Å². The highest BCUT2D eigenvalue weighted by Gasteiger charge is 2.31. The number of halogens is 4. The van der Waals surface area contributed by atoms with Crippen molar-refractivity contribution in [3.05, 3.63) is 94.9 Å². The average molecular weight is 616 g/mol. The van der Waals surface area contributed by atoms with Crippen LogP contribution < -0.4 is 15.4 Å². The van der Waals surface area contributed by atoms with Gasteiger partial charge in [-0.15, -0.1) is 0 Å². The molecule has 13 heteroatoms. The molecule has 0 unspecified atom stereocenters. The molecule has 0 bridgehead atoms. The van der Waals surface area contributed by atoms with Crippen LogP contribution in [0.25, 0.3) is 6.08 Å². The van der Waals surface area contributed by atoms with Crippen molar-refractivity contribution in [3.8, 4) is 5.88 Å². The molecular weight excluding hydrogens is 587 g/mol. The lowest BCUT2D eigenvalue weighted by Crippen LogP contribution is -2.51. The van der Waals surface area contributed by atoms with Crippen LogP contribution in [0.3, 0.4) is 0 Å². The van der Waals surface area contributed by atoms with E-state index >= 15 is 0 Å². The predicted molar refractivity (Wildman–Crippen MR) is 153 cm³/mol. The topological polar surface area (TPSA) is 114 Å². The molecule has 2 aromatic heterocycles. The number of pyridine rings is 2. The molecule has 226 valence electrons. The van der Waals surface area contributed by atoms with Crippen molar-refractivity contribution in [2.75, 3.05) is 19.6 Å². The summed E-state index contributed by atoms with van der Waals surface area (Å²) in [6.07, 6.45) is 1.40. The second-order valence-corrected chi connectivity index (χ2v) is 10.2. The summed E-state index contributed by atoms with van der Waals surface area (Å²) in [7, 11) is 0. The lowest BCUT2D eigenvalue weighted by Gasteiger charge is -2.32. The molecule has 0 spiro atoms. The quantitative estimate of drug-likeness (QED) is 0.333. The Morgan fingerprint density at radius 1 is 1.05 bits per heavy atom. The third-order valence-corrected chi connectivity index (χ3v) is 6.88. The first-order valence-electron chi connectivity index (χ1n) is 13.5. The minimum atomic E-state index is -4.48. The molecule has 43 heavy (non-hydrogen) atoms. The van der Waals surface area contributed by atoms with Crippen LogP contribution in [0.4, 0.5) is 13.2 Å². The summed E-state index contributed by atoms with van der Waals surface area (Å²) in [4.78, 5) is 48.0. The van der Waals surface area contributed by atoms with Crippen LogP contribution in [0.5, 0.6) is 5.88 Å². The normalized spacial score (nSPS) is 14.7. The first kappa shape index (κ1) is 31.5. The lowest BCUT2D eigenvalue weighted by atomic mass is 10.1. The molecule has 2 N–H and O–H groups in total. The molecule has 1 atom stereocenters. The molecule has 0 radical (unpaired) electrons. The fraction of sp³-hybridized carbons (Fsp3) is 0.300. The Morgan fingerprint density at radius 3 is 2.42 bits per heavy atom. The number of carbonyl (C=O) groups is 3. The molecule has 3 heterocycles. The molecule has 3 aromatic rings. The first-order chi connectivity index (χ1) is 20.6. The molecular formula is C30H29ClF3N5O4. The molecule has 1 aliphatic heterocycles. The van der Waals surface area contributed by atoms with Crippen LogP contribution in [0.1, 0.15) is 29.7 Å². The van der Waals surface area contributed by atoms with Crippen LogP contribution in [0.2, 0.25) is 5.02 Å². The van der Waals surface area contributed by atoms with E-state index in [2.05, 4.69) is 20.6 Å². The van der Waals surface area contributed by atoms with Gasteiger partial charge in [-0.2, -0.15) is 13.2 Å². The largest absolute Gasteiger partial charge is 0.474 e. The maximum atomic E-state index is 13.1. The average Bonchev–Trinajstić information content (AvgIpc) is 3.00. The summed E-state index contributed by atoms with van der Waals surface area (Å²) in [5.74, 6) is -1.28. The van der Waals surface area contributed by atoms with Gasteiger partial charge in [0.15, 0.2) is 0 Å². The number of hydrogen-bond donors (Lipinski definition) is 2. The maximum absolute atomic E-state index is 13.1. The molecule has 9 nitrogen and oxygen atoms in total. The number of amides is 3. The maximum Gasteiger partial charge on any atom is 0.417 e. The van der Waals surface area contributed by atoms with E-state index in [1.807, 2.05) is 0 Å². The minimum Gasteiger partial charge on any atom is -0.474 e. The summed E-state index contributed by atoms with van der Waals surface area (Å²) in [6, 6.07) is 13.2. The zero-order chi connectivity index (χ0) is 30.8. The molecule has 4 rings (SSSR count). The Bertz CT molecular complexity index is 1410. The van der Waals surface area contributed by atoms with Crippen LogP contribution in [-0.4, -0.2) is 64.4 Å². The van der Waals surface area contributed by atoms with Crippen molar-refractivity contribution < 1.29 is 32.3 Å². The van der Waals surface area contributed by atoms with Gasteiger partial charge in [0.25, 0.3) is 0 Å². The molecule has 1 aromatic carbocycles. The van der Waals surface area contributed by atoms with Crippen molar-refractivity contribution in [2.45, 2.75) is 37.6 Å². The Balaban J connectivity index is 1.27. The summed E-state index contributed by atoms with van der Waals surface area (Å²) in [6.45, 7) is 0.396. The van der Waals surface area contributed by atoms with Crippen molar-refractivity contribution >= 4 is 35.4 Å². The van der Waals surface area contributed by atoms with E-state index in [0.29, 0.717) is 36.6 Å². The predicted octanol–water partition coefficient (Wildman–Crippen LogP) is 4.08. The van der Waals surface area contributed by atoms with Gasteiger partial charge in [0.05, 0.1) is 12.1 Å². The van der Waals surface area contributed by atoms with E-state index in [-0.39, 0.29) is 30.9 Å². The van der Waals surface area contributed by atoms with Crippen LogP contribution in [-0.2, 0) is 27.0 Å². The summed E-state index contributed by atoms with van der Waals surface area (Å²) in [5, 5.41) is 5.85. The summed E-state index contributed by atoms with van der Waals surface area (Å²) in [5.41, 5.74) is 0.472. The van der Waals surface area contributed by atoms with E-state index in [4.69, 9.17) is 16.3 Å². The van der Waals surface area contributed by atoms with Gasteiger partial charge in [-0.3, -0.25) is 19.4 Å². The van der Waals surface area contributed by atoms with Gasteiger partial charge >= 0.3 is 6.18 Å². The Kier molecular flexibility index (Phi) is 10.7. The first-order valence-corrected chi connectivity index (χ1v) is 13.8.